The van der Waals surface area contributed by atoms with Gasteiger partial charge in [-0.15, -0.1) is 0 Å². The van der Waals surface area contributed by atoms with Gasteiger partial charge in [0, 0.05) is 30.4 Å². The number of aromatic nitrogens is 2. The molecule has 0 aliphatic carbocycles. The van der Waals surface area contributed by atoms with Crippen molar-refractivity contribution in [2.24, 2.45) is 5.92 Å². The summed E-state index contributed by atoms with van der Waals surface area (Å²) < 4.78 is 10.7. The van der Waals surface area contributed by atoms with E-state index in [1.54, 1.807) is 13.4 Å². The molecule has 0 saturated carbocycles. The first-order valence-electron chi connectivity index (χ1n) is 10.9. The van der Waals surface area contributed by atoms with Crippen LogP contribution in [-0.4, -0.2) is 42.7 Å². The van der Waals surface area contributed by atoms with Crippen LogP contribution in [0.5, 0.6) is 11.5 Å². The molecule has 0 radical (unpaired) electrons. The van der Waals surface area contributed by atoms with Gasteiger partial charge in [0.25, 0.3) is 0 Å². The van der Waals surface area contributed by atoms with Gasteiger partial charge in [-0.3, -0.25) is 4.79 Å². The third-order valence-corrected chi connectivity index (χ3v) is 5.59. The number of anilines is 2. The number of benzene rings is 2. The van der Waals surface area contributed by atoms with Gasteiger partial charge in [0.15, 0.2) is 0 Å². The Labute approximate surface area is 188 Å². The Morgan fingerprint density at radius 2 is 1.84 bits per heavy atom. The highest BCUT2D eigenvalue weighted by Crippen LogP contribution is 2.27. The van der Waals surface area contributed by atoms with Crippen molar-refractivity contribution >= 4 is 17.4 Å². The van der Waals surface area contributed by atoms with Crippen LogP contribution in [0.3, 0.4) is 0 Å². The lowest BCUT2D eigenvalue weighted by Gasteiger charge is -2.33. The fourth-order valence-corrected chi connectivity index (χ4v) is 3.88. The monoisotopic (exact) mass is 432 g/mol. The minimum absolute atomic E-state index is 0.0308. The molecule has 1 saturated heterocycles. The first-order valence-corrected chi connectivity index (χ1v) is 10.9. The number of hydrogen-bond donors (Lipinski definition) is 1. The van der Waals surface area contributed by atoms with E-state index in [1.165, 1.54) is 0 Å². The lowest BCUT2D eigenvalue weighted by atomic mass is 9.97. The van der Waals surface area contributed by atoms with Crippen molar-refractivity contribution in [3.8, 4) is 22.8 Å². The number of hydrogen-bond acceptors (Lipinski definition) is 6. The number of methoxy groups -OCH3 is 1. The maximum Gasteiger partial charge on any atom is 0.229 e. The van der Waals surface area contributed by atoms with Crippen LogP contribution in [0.1, 0.15) is 19.8 Å². The molecule has 4 rings (SSSR count). The summed E-state index contributed by atoms with van der Waals surface area (Å²) in [5.74, 6) is 2.37. The van der Waals surface area contributed by atoms with Crippen LogP contribution in [0.2, 0.25) is 0 Å². The zero-order valence-corrected chi connectivity index (χ0v) is 18.5. The largest absolute Gasteiger partial charge is 0.497 e. The summed E-state index contributed by atoms with van der Waals surface area (Å²) in [6.45, 7) is 4.06. The number of amides is 1. The lowest BCUT2D eigenvalue weighted by Crippen LogP contribution is -2.41. The minimum atomic E-state index is -0.102. The zero-order valence-electron chi connectivity index (χ0n) is 18.5. The molecule has 7 nitrogen and oxygen atoms in total. The van der Waals surface area contributed by atoms with E-state index >= 15 is 0 Å². The predicted molar refractivity (Wildman–Crippen MR) is 125 cm³/mol. The van der Waals surface area contributed by atoms with E-state index in [4.69, 9.17) is 9.47 Å². The van der Waals surface area contributed by atoms with Crippen LogP contribution in [-0.2, 0) is 4.79 Å². The molecule has 7 heteroatoms. The van der Waals surface area contributed by atoms with E-state index in [0.717, 1.165) is 53.6 Å². The number of piperidine rings is 1. The normalized spacial score (nSPS) is 15.8. The molecular weight excluding hydrogens is 404 g/mol. The van der Waals surface area contributed by atoms with Crippen molar-refractivity contribution in [2.75, 3.05) is 37.0 Å². The fraction of sp³-hybridized carbons (Fsp3) is 0.320. The second-order valence-corrected chi connectivity index (χ2v) is 7.72. The summed E-state index contributed by atoms with van der Waals surface area (Å²) in [6, 6.07) is 17.3. The number of nitrogens with zero attached hydrogens (tertiary/aromatic N) is 3. The van der Waals surface area contributed by atoms with Gasteiger partial charge >= 0.3 is 0 Å². The van der Waals surface area contributed by atoms with Crippen LogP contribution >= 0.6 is 0 Å². The number of ether oxygens (including phenoxy) is 2. The SMILES string of the molecule is CCOc1ccc(NC(=O)C2CCCN(c3cc(-c4ccc(OC)cc4)ncn3)C2)cc1. The van der Waals surface area contributed by atoms with Crippen molar-refractivity contribution in [3.63, 3.8) is 0 Å². The van der Waals surface area contributed by atoms with Gasteiger partial charge in [-0.25, -0.2) is 9.97 Å². The van der Waals surface area contributed by atoms with E-state index in [2.05, 4.69) is 20.2 Å². The van der Waals surface area contributed by atoms with Crippen molar-refractivity contribution in [1.29, 1.82) is 0 Å². The van der Waals surface area contributed by atoms with Crippen molar-refractivity contribution < 1.29 is 14.3 Å². The first-order chi connectivity index (χ1) is 15.7. The Balaban J connectivity index is 1.42. The Morgan fingerprint density at radius 3 is 2.56 bits per heavy atom. The predicted octanol–water partition coefficient (Wildman–Crippen LogP) is 4.41. The van der Waals surface area contributed by atoms with Gasteiger partial charge in [0.2, 0.25) is 5.91 Å². The molecule has 1 N–H and O–H groups in total. The fourth-order valence-electron chi connectivity index (χ4n) is 3.88. The van der Waals surface area contributed by atoms with E-state index in [-0.39, 0.29) is 11.8 Å². The standard InChI is InChI=1S/C25H28N4O3/c1-3-32-22-12-8-20(9-13-22)28-25(30)19-5-4-14-29(16-19)24-15-23(26-17-27-24)18-6-10-21(31-2)11-7-18/h6-13,15,17,19H,3-5,14,16H2,1-2H3,(H,28,30). The molecular formula is C25H28N4O3. The Bertz CT molecular complexity index is 1040. The highest BCUT2D eigenvalue weighted by molar-refractivity contribution is 5.93. The van der Waals surface area contributed by atoms with Crippen LogP contribution in [0.15, 0.2) is 60.9 Å². The van der Waals surface area contributed by atoms with Crippen LogP contribution in [0.25, 0.3) is 11.3 Å². The van der Waals surface area contributed by atoms with Gasteiger partial charge in [0.05, 0.1) is 25.3 Å². The molecule has 1 aliphatic rings. The second-order valence-electron chi connectivity index (χ2n) is 7.72. The van der Waals surface area contributed by atoms with E-state index < -0.39 is 0 Å². The van der Waals surface area contributed by atoms with E-state index in [9.17, 15) is 4.79 Å². The Morgan fingerprint density at radius 1 is 1.09 bits per heavy atom. The molecule has 0 spiro atoms. The smallest absolute Gasteiger partial charge is 0.229 e. The number of carbonyl (C=O) groups excluding carboxylic acids is 1. The topological polar surface area (TPSA) is 76.6 Å². The molecule has 2 heterocycles. The highest BCUT2D eigenvalue weighted by Gasteiger charge is 2.27. The molecule has 1 aromatic heterocycles. The summed E-state index contributed by atoms with van der Waals surface area (Å²) >= 11 is 0. The summed E-state index contributed by atoms with van der Waals surface area (Å²) in [4.78, 5) is 24.0. The molecule has 1 fully saturated rings. The molecule has 2 aromatic carbocycles. The molecule has 3 aromatic rings. The summed E-state index contributed by atoms with van der Waals surface area (Å²) in [5.41, 5.74) is 2.62. The number of carbonyl (C=O) groups is 1. The van der Waals surface area contributed by atoms with Crippen LogP contribution in [0, 0.1) is 5.92 Å². The van der Waals surface area contributed by atoms with Gasteiger partial charge in [-0.2, -0.15) is 0 Å². The number of rotatable bonds is 7. The molecule has 32 heavy (non-hydrogen) atoms. The van der Waals surface area contributed by atoms with E-state index in [1.807, 2.05) is 61.5 Å². The van der Waals surface area contributed by atoms with Crippen molar-refractivity contribution in [2.45, 2.75) is 19.8 Å². The van der Waals surface area contributed by atoms with Crippen LogP contribution in [0.4, 0.5) is 11.5 Å². The quantitative estimate of drug-likeness (QED) is 0.596. The van der Waals surface area contributed by atoms with Gasteiger partial charge in [-0.1, -0.05) is 0 Å². The maximum atomic E-state index is 12.9. The van der Waals surface area contributed by atoms with Crippen molar-refractivity contribution in [3.05, 3.63) is 60.9 Å². The minimum Gasteiger partial charge on any atom is -0.497 e. The summed E-state index contributed by atoms with van der Waals surface area (Å²) in [7, 11) is 1.65. The average molecular weight is 433 g/mol. The zero-order chi connectivity index (χ0) is 22.3. The average Bonchev–Trinajstić information content (AvgIpc) is 2.85. The molecule has 1 aliphatic heterocycles. The third kappa shape index (κ3) is 5.17. The van der Waals surface area contributed by atoms with Gasteiger partial charge < -0.3 is 19.7 Å². The second kappa shape index (κ2) is 10.1. The third-order valence-electron chi connectivity index (χ3n) is 5.59. The Kier molecular flexibility index (Phi) is 6.84. The molecule has 1 atom stereocenters. The maximum absolute atomic E-state index is 12.9. The summed E-state index contributed by atoms with van der Waals surface area (Å²) in [6.07, 6.45) is 3.37. The van der Waals surface area contributed by atoms with Gasteiger partial charge in [0.1, 0.15) is 23.6 Å². The lowest BCUT2D eigenvalue weighted by molar-refractivity contribution is -0.120. The molecule has 0 bridgehead atoms. The van der Waals surface area contributed by atoms with Gasteiger partial charge in [-0.05, 0) is 68.3 Å². The molecule has 1 unspecified atom stereocenters. The van der Waals surface area contributed by atoms with Crippen LogP contribution < -0.4 is 19.7 Å². The van der Waals surface area contributed by atoms with Crippen molar-refractivity contribution in [1.82, 2.24) is 9.97 Å². The highest BCUT2D eigenvalue weighted by atomic mass is 16.5. The van der Waals surface area contributed by atoms with E-state index in [0.29, 0.717) is 13.2 Å². The molecule has 166 valence electrons. The number of nitrogens with one attached hydrogen (secondary N) is 1. The Hall–Kier alpha value is -3.61. The molecule has 1 amide bonds. The summed E-state index contributed by atoms with van der Waals surface area (Å²) in [5, 5.41) is 3.04. The first kappa shape index (κ1) is 21.6.